The van der Waals surface area contributed by atoms with Crippen LogP contribution in [-0.4, -0.2) is 35.2 Å². The topological polar surface area (TPSA) is 123 Å². The maximum Gasteiger partial charge on any atom is 0.222 e. The molecule has 0 saturated heterocycles. The Kier molecular flexibility index (Phi) is 3.73. The Hall–Kier alpha value is -3.49. The van der Waals surface area contributed by atoms with E-state index in [9.17, 15) is 0 Å². The highest BCUT2D eigenvalue weighted by atomic mass is 15.4. The fraction of sp³-hybridized carbons (Fsp3) is 0.188. The number of aromatic amines is 1. The monoisotopic (exact) mass is 335 g/mol. The van der Waals surface area contributed by atoms with E-state index in [0.29, 0.717) is 12.4 Å². The smallest absolute Gasteiger partial charge is 0.222 e. The number of aromatic nitrogens is 7. The molecule has 4 aromatic rings. The zero-order valence-corrected chi connectivity index (χ0v) is 13.6. The van der Waals surface area contributed by atoms with Crippen LogP contribution in [0.1, 0.15) is 12.6 Å². The first-order chi connectivity index (χ1) is 12.2. The number of hydrogen-bond acceptors (Lipinski definition) is 7. The van der Waals surface area contributed by atoms with Crippen molar-refractivity contribution in [3.8, 4) is 11.3 Å². The maximum absolute atomic E-state index is 5.87. The lowest BCUT2D eigenvalue weighted by Crippen LogP contribution is -2.06. The molecule has 0 bridgehead atoms. The van der Waals surface area contributed by atoms with Gasteiger partial charge in [0.05, 0.1) is 24.0 Å². The van der Waals surface area contributed by atoms with Crippen LogP contribution in [0.25, 0.3) is 22.2 Å². The molecule has 9 heteroatoms. The van der Waals surface area contributed by atoms with E-state index in [4.69, 9.17) is 5.73 Å². The second kappa shape index (κ2) is 6.19. The van der Waals surface area contributed by atoms with Crippen LogP contribution in [0.15, 0.2) is 36.7 Å². The van der Waals surface area contributed by atoms with Gasteiger partial charge in [-0.3, -0.25) is 9.78 Å². The number of H-pyrrole nitrogens is 1. The predicted octanol–water partition coefficient (Wildman–Crippen LogP) is 1.83. The van der Waals surface area contributed by atoms with E-state index in [1.54, 1.807) is 10.9 Å². The van der Waals surface area contributed by atoms with Crippen molar-refractivity contribution >= 4 is 22.7 Å². The number of aryl methyl sites for hydroxylation is 1. The van der Waals surface area contributed by atoms with Crippen molar-refractivity contribution in [1.29, 1.82) is 0 Å². The lowest BCUT2D eigenvalue weighted by molar-refractivity contribution is 0.626. The van der Waals surface area contributed by atoms with Crippen LogP contribution >= 0.6 is 0 Å². The minimum Gasteiger partial charge on any atom is -0.368 e. The van der Waals surface area contributed by atoms with Crippen LogP contribution < -0.4 is 11.1 Å². The summed E-state index contributed by atoms with van der Waals surface area (Å²) in [7, 11) is 0. The number of rotatable bonds is 5. The van der Waals surface area contributed by atoms with Crippen LogP contribution in [-0.2, 0) is 13.1 Å². The number of anilines is 2. The van der Waals surface area contributed by atoms with Crippen LogP contribution in [0, 0.1) is 0 Å². The van der Waals surface area contributed by atoms with Gasteiger partial charge >= 0.3 is 0 Å². The lowest BCUT2D eigenvalue weighted by Gasteiger charge is -2.09. The molecule has 126 valence electrons. The van der Waals surface area contributed by atoms with E-state index in [0.717, 1.165) is 34.4 Å². The Bertz CT molecular complexity index is 1000. The third-order valence-corrected chi connectivity index (χ3v) is 3.87. The van der Waals surface area contributed by atoms with Crippen molar-refractivity contribution in [3.05, 3.63) is 42.4 Å². The Labute approximate surface area is 143 Å². The first-order valence-corrected chi connectivity index (χ1v) is 7.93. The van der Waals surface area contributed by atoms with Crippen molar-refractivity contribution in [1.82, 2.24) is 35.2 Å². The summed E-state index contributed by atoms with van der Waals surface area (Å²) < 4.78 is 1.78. The van der Waals surface area contributed by atoms with Gasteiger partial charge in [-0.05, 0) is 25.1 Å². The molecule has 3 aromatic heterocycles. The number of nitrogens with one attached hydrogen (secondary N) is 2. The average molecular weight is 335 g/mol. The SMILES string of the molecule is CCn1cc(CNc2nc(N)nc3cc(-c4ccn[nH]4)ccc23)nn1. The van der Waals surface area contributed by atoms with Gasteiger partial charge in [0.15, 0.2) is 0 Å². The van der Waals surface area contributed by atoms with E-state index >= 15 is 0 Å². The lowest BCUT2D eigenvalue weighted by atomic mass is 10.1. The first kappa shape index (κ1) is 15.1. The maximum atomic E-state index is 5.87. The predicted molar refractivity (Wildman–Crippen MR) is 94.6 cm³/mol. The van der Waals surface area contributed by atoms with Gasteiger partial charge < -0.3 is 11.1 Å². The van der Waals surface area contributed by atoms with Crippen LogP contribution in [0.5, 0.6) is 0 Å². The molecule has 1 aromatic carbocycles. The number of nitrogens with zero attached hydrogens (tertiary/aromatic N) is 6. The van der Waals surface area contributed by atoms with Gasteiger partial charge in [0.2, 0.25) is 5.95 Å². The van der Waals surface area contributed by atoms with Crippen molar-refractivity contribution in [2.24, 2.45) is 0 Å². The second-order valence-corrected chi connectivity index (χ2v) is 5.55. The van der Waals surface area contributed by atoms with E-state index in [1.165, 1.54) is 0 Å². The van der Waals surface area contributed by atoms with Gasteiger partial charge in [-0.25, -0.2) is 4.98 Å². The molecule has 0 spiro atoms. The first-order valence-electron chi connectivity index (χ1n) is 7.93. The molecule has 0 saturated carbocycles. The molecule has 0 radical (unpaired) electrons. The zero-order valence-electron chi connectivity index (χ0n) is 13.6. The van der Waals surface area contributed by atoms with Gasteiger partial charge in [0, 0.05) is 23.7 Å². The summed E-state index contributed by atoms with van der Waals surface area (Å²) in [6.45, 7) is 3.31. The third kappa shape index (κ3) is 2.99. The van der Waals surface area contributed by atoms with Crippen molar-refractivity contribution in [2.45, 2.75) is 20.0 Å². The molecule has 25 heavy (non-hydrogen) atoms. The standard InChI is InChI=1S/C16H17N9/c1-2-25-9-11(22-24-25)8-18-15-12-4-3-10(13-5-6-19-23-13)7-14(12)20-16(17)21-15/h3-7,9H,2,8H2,1H3,(H,19,23)(H3,17,18,20,21). The highest BCUT2D eigenvalue weighted by molar-refractivity contribution is 5.92. The van der Waals surface area contributed by atoms with E-state index in [2.05, 4.69) is 35.8 Å². The number of nitrogens with two attached hydrogens (primary N) is 1. The largest absolute Gasteiger partial charge is 0.368 e. The Balaban J connectivity index is 1.66. The molecular weight excluding hydrogens is 318 g/mol. The molecule has 9 nitrogen and oxygen atoms in total. The summed E-state index contributed by atoms with van der Waals surface area (Å²) >= 11 is 0. The number of hydrogen-bond donors (Lipinski definition) is 3. The quantitative estimate of drug-likeness (QED) is 0.508. The van der Waals surface area contributed by atoms with Crippen molar-refractivity contribution < 1.29 is 0 Å². The minimum absolute atomic E-state index is 0.217. The number of fused-ring (bicyclic) bond motifs is 1. The molecule has 0 aliphatic heterocycles. The van der Waals surface area contributed by atoms with Gasteiger partial charge in [-0.1, -0.05) is 11.3 Å². The molecule has 0 atom stereocenters. The molecular formula is C16H17N9. The molecule has 0 aliphatic carbocycles. The molecule has 0 amide bonds. The van der Waals surface area contributed by atoms with Crippen LogP contribution in [0.2, 0.25) is 0 Å². The summed E-state index contributed by atoms with van der Waals surface area (Å²) in [5, 5.41) is 19.2. The molecule has 0 aliphatic rings. The molecule has 4 N–H and O–H groups in total. The van der Waals surface area contributed by atoms with Crippen LogP contribution in [0.4, 0.5) is 11.8 Å². The summed E-state index contributed by atoms with van der Waals surface area (Å²) in [5.74, 6) is 0.888. The van der Waals surface area contributed by atoms with Gasteiger partial charge in [0.1, 0.15) is 11.5 Å². The zero-order chi connectivity index (χ0) is 17.2. The molecule has 4 rings (SSSR count). The number of benzene rings is 1. The van der Waals surface area contributed by atoms with E-state index in [-0.39, 0.29) is 5.95 Å². The molecule has 0 fully saturated rings. The van der Waals surface area contributed by atoms with Crippen molar-refractivity contribution in [3.63, 3.8) is 0 Å². The summed E-state index contributed by atoms with van der Waals surface area (Å²) in [6.07, 6.45) is 3.61. The van der Waals surface area contributed by atoms with Crippen molar-refractivity contribution in [2.75, 3.05) is 11.1 Å². The highest BCUT2D eigenvalue weighted by Gasteiger charge is 2.09. The fourth-order valence-electron chi connectivity index (χ4n) is 2.61. The summed E-state index contributed by atoms with van der Waals surface area (Å²) in [4.78, 5) is 8.66. The third-order valence-electron chi connectivity index (χ3n) is 3.87. The second-order valence-electron chi connectivity index (χ2n) is 5.55. The highest BCUT2D eigenvalue weighted by Crippen LogP contribution is 2.26. The fourth-order valence-corrected chi connectivity index (χ4v) is 2.61. The van der Waals surface area contributed by atoms with E-state index in [1.807, 2.05) is 37.4 Å². The minimum atomic E-state index is 0.217. The Morgan fingerprint density at radius 1 is 1.24 bits per heavy atom. The average Bonchev–Trinajstić information content (AvgIpc) is 3.30. The van der Waals surface area contributed by atoms with E-state index < -0.39 is 0 Å². The summed E-state index contributed by atoms with van der Waals surface area (Å²) in [6, 6.07) is 7.82. The molecule has 0 unspecified atom stereocenters. The molecule has 3 heterocycles. The van der Waals surface area contributed by atoms with Crippen LogP contribution in [0.3, 0.4) is 0 Å². The Morgan fingerprint density at radius 3 is 2.92 bits per heavy atom. The normalized spacial score (nSPS) is 11.1. The Morgan fingerprint density at radius 2 is 2.16 bits per heavy atom. The number of nitrogen functional groups attached to an aromatic ring is 1. The van der Waals surface area contributed by atoms with Gasteiger partial charge in [-0.15, -0.1) is 5.10 Å². The van der Waals surface area contributed by atoms with Gasteiger partial charge in [0.25, 0.3) is 0 Å². The van der Waals surface area contributed by atoms with Gasteiger partial charge in [-0.2, -0.15) is 10.1 Å². The summed E-state index contributed by atoms with van der Waals surface area (Å²) in [5.41, 5.74) is 9.38.